The molecule has 3 aromatic rings. The highest BCUT2D eigenvalue weighted by Crippen LogP contribution is 2.34. The fourth-order valence-electron chi connectivity index (χ4n) is 3.32. The number of nitrogens with zero attached hydrogens (tertiary/aromatic N) is 3. The van der Waals surface area contributed by atoms with Crippen LogP contribution in [0.3, 0.4) is 0 Å². The fourth-order valence-corrected chi connectivity index (χ4v) is 3.32. The van der Waals surface area contributed by atoms with Gasteiger partial charge in [0, 0.05) is 36.7 Å². The maximum Gasteiger partial charge on any atom is 0.416 e. The lowest BCUT2D eigenvalue weighted by molar-refractivity contribution is -0.137. The number of aromatic amines is 1. The fraction of sp³-hybridized carbons (Fsp3) is 0.211. The molecule has 4 rings (SSSR count). The summed E-state index contributed by atoms with van der Waals surface area (Å²) in [5, 5.41) is 2.68. The third-order valence-electron chi connectivity index (χ3n) is 4.67. The van der Waals surface area contributed by atoms with Gasteiger partial charge in [0.05, 0.1) is 17.6 Å². The minimum Gasteiger partial charge on any atom is -0.348 e. The van der Waals surface area contributed by atoms with Gasteiger partial charge in [-0.2, -0.15) is 13.2 Å². The van der Waals surface area contributed by atoms with Crippen molar-refractivity contribution in [3.63, 3.8) is 0 Å². The summed E-state index contributed by atoms with van der Waals surface area (Å²) in [6.45, 7) is 0.439. The van der Waals surface area contributed by atoms with Crippen LogP contribution in [0.2, 0.25) is 0 Å². The third kappa shape index (κ3) is 3.42. The van der Waals surface area contributed by atoms with Crippen LogP contribution in [-0.4, -0.2) is 32.4 Å². The van der Waals surface area contributed by atoms with Crippen molar-refractivity contribution >= 4 is 11.7 Å². The van der Waals surface area contributed by atoms with E-state index in [1.54, 1.807) is 23.6 Å². The van der Waals surface area contributed by atoms with Crippen molar-refractivity contribution in [1.29, 1.82) is 0 Å². The second-order valence-corrected chi connectivity index (χ2v) is 6.40. The number of carbonyl (C=O) groups excluding carboxylic acids is 1. The summed E-state index contributed by atoms with van der Waals surface area (Å²) in [5.41, 5.74) is 2.09. The number of fused-ring (bicyclic) bond motifs is 1. The summed E-state index contributed by atoms with van der Waals surface area (Å²) in [7, 11) is 0. The zero-order chi connectivity index (χ0) is 19.7. The predicted molar refractivity (Wildman–Crippen MR) is 95.5 cm³/mol. The standard InChI is InChI=1S/C19H16F3N5O/c20-19(21,22)13-1-3-14(4-2-13)26-18(28)27-10-7-15-16(25-11-24-15)17(27)12-5-8-23-9-6-12/h1-6,8-9,11,17H,7,10H2,(H,24,25)(H,26,28)/t17-/m1/s1. The van der Waals surface area contributed by atoms with Gasteiger partial charge in [-0.05, 0) is 42.0 Å². The molecule has 0 saturated heterocycles. The molecule has 3 heterocycles. The van der Waals surface area contributed by atoms with Crippen molar-refractivity contribution in [3.8, 4) is 0 Å². The molecule has 0 aliphatic carbocycles. The number of H-pyrrole nitrogens is 1. The van der Waals surface area contributed by atoms with Crippen molar-refractivity contribution < 1.29 is 18.0 Å². The average molecular weight is 387 g/mol. The van der Waals surface area contributed by atoms with Crippen LogP contribution in [0, 0.1) is 0 Å². The van der Waals surface area contributed by atoms with E-state index in [1.165, 1.54) is 12.1 Å². The summed E-state index contributed by atoms with van der Waals surface area (Å²) in [6.07, 6.45) is 1.07. The Hall–Kier alpha value is -3.36. The number of aromatic nitrogens is 3. The van der Waals surface area contributed by atoms with Gasteiger partial charge in [0.15, 0.2) is 0 Å². The van der Waals surface area contributed by atoms with E-state index >= 15 is 0 Å². The molecule has 1 aliphatic rings. The SMILES string of the molecule is O=C(Nc1ccc(C(F)(F)F)cc1)N1CCc2[nH]cnc2[C@H]1c1ccncc1. The Labute approximate surface area is 158 Å². The second-order valence-electron chi connectivity index (χ2n) is 6.40. The summed E-state index contributed by atoms with van der Waals surface area (Å²) in [6, 6.07) is 7.18. The van der Waals surface area contributed by atoms with Gasteiger partial charge < -0.3 is 15.2 Å². The van der Waals surface area contributed by atoms with Crippen LogP contribution in [0.1, 0.15) is 28.6 Å². The highest BCUT2D eigenvalue weighted by molar-refractivity contribution is 5.90. The first-order chi connectivity index (χ1) is 13.4. The van der Waals surface area contributed by atoms with E-state index in [1.807, 2.05) is 12.1 Å². The number of carbonyl (C=O) groups is 1. The van der Waals surface area contributed by atoms with Crippen LogP contribution < -0.4 is 5.32 Å². The van der Waals surface area contributed by atoms with E-state index in [2.05, 4.69) is 20.3 Å². The van der Waals surface area contributed by atoms with Gasteiger partial charge in [-0.25, -0.2) is 9.78 Å². The lowest BCUT2D eigenvalue weighted by atomic mass is 9.97. The molecule has 0 fully saturated rings. The van der Waals surface area contributed by atoms with Crippen molar-refractivity contribution in [2.75, 3.05) is 11.9 Å². The van der Waals surface area contributed by atoms with Crippen LogP contribution >= 0.6 is 0 Å². The third-order valence-corrected chi connectivity index (χ3v) is 4.67. The predicted octanol–water partition coefficient (Wildman–Crippen LogP) is 4.00. The summed E-state index contributed by atoms with van der Waals surface area (Å²) in [5.74, 6) is 0. The highest BCUT2D eigenvalue weighted by Gasteiger charge is 2.34. The summed E-state index contributed by atoms with van der Waals surface area (Å²) >= 11 is 0. The number of pyridine rings is 1. The molecule has 1 atom stereocenters. The molecule has 6 nitrogen and oxygen atoms in total. The number of hydrogen-bond acceptors (Lipinski definition) is 3. The van der Waals surface area contributed by atoms with Crippen LogP contribution in [0.25, 0.3) is 0 Å². The van der Waals surface area contributed by atoms with Gasteiger partial charge >= 0.3 is 12.2 Å². The number of anilines is 1. The molecule has 2 amide bonds. The van der Waals surface area contributed by atoms with E-state index in [4.69, 9.17) is 0 Å². The smallest absolute Gasteiger partial charge is 0.348 e. The number of rotatable bonds is 2. The maximum atomic E-state index is 12.9. The van der Waals surface area contributed by atoms with Crippen LogP contribution in [-0.2, 0) is 12.6 Å². The number of benzene rings is 1. The number of halogens is 3. The van der Waals surface area contributed by atoms with Crippen molar-refractivity contribution in [2.24, 2.45) is 0 Å². The first kappa shape index (κ1) is 18.0. The molecule has 0 saturated carbocycles. The number of alkyl halides is 3. The Bertz CT molecular complexity index is 969. The Morgan fingerprint density at radius 2 is 1.86 bits per heavy atom. The molecule has 0 bridgehead atoms. The normalized spacial score (nSPS) is 16.5. The van der Waals surface area contributed by atoms with Crippen molar-refractivity contribution in [2.45, 2.75) is 18.6 Å². The van der Waals surface area contributed by atoms with Crippen molar-refractivity contribution in [3.05, 3.63) is 77.6 Å². The molecular formula is C19H16F3N5O. The Balaban J connectivity index is 1.59. The monoisotopic (exact) mass is 387 g/mol. The quantitative estimate of drug-likeness (QED) is 0.698. The van der Waals surface area contributed by atoms with Gasteiger partial charge in [0.2, 0.25) is 0 Å². The number of amides is 2. The molecule has 2 N–H and O–H groups in total. The average Bonchev–Trinajstić information content (AvgIpc) is 3.16. The minimum absolute atomic E-state index is 0.291. The van der Waals surface area contributed by atoms with Gasteiger partial charge in [0.1, 0.15) is 6.04 Å². The van der Waals surface area contributed by atoms with Gasteiger partial charge in [-0.3, -0.25) is 4.98 Å². The maximum absolute atomic E-state index is 12.9. The molecule has 2 aromatic heterocycles. The zero-order valence-corrected chi connectivity index (χ0v) is 14.6. The highest BCUT2D eigenvalue weighted by atomic mass is 19.4. The molecule has 144 valence electrons. The molecule has 0 radical (unpaired) electrons. The Kier molecular flexibility index (Phi) is 4.50. The van der Waals surface area contributed by atoms with E-state index in [0.717, 1.165) is 29.1 Å². The number of imidazole rings is 1. The zero-order valence-electron chi connectivity index (χ0n) is 14.6. The molecule has 28 heavy (non-hydrogen) atoms. The molecule has 1 aromatic carbocycles. The molecule has 0 spiro atoms. The van der Waals surface area contributed by atoms with E-state index < -0.39 is 23.8 Å². The lowest BCUT2D eigenvalue weighted by Crippen LogP contribution is -2.43. The van der Waals surface area contributed by atoms with E-state index in [0.29, 0.717) is 18.7 Å². The number of hydrogen-bond donors (Lipinski definition) is 2. The summed E-state index contributed by atoms with van der Waals surface area (Å²) < 4.78 is 38.1. The Morgan fingerprint density at radius 1 is 1.14 bits per heavy atom. The molecule has 0 unspecified atom stereocenters. The largest absolute Gasteiger partial charge is 0.416 e. The number of nitrogens with one attached hydrogen (secondary N) is 2. The molecule has 1 aliphatic heterocycles. The van der Waals surface area contributed by atoms with E-state index in [9.17, 15) is 18.0 Å². The van der Waals surface area contributed by atoms with Gasteiger partial charge in [-0.1, -0.05) is 0 Å². The van der Waals surface area contributed by atoms with Crippen LogP contribution in [0.4, 0.5) is 23.7 Å². The minimum atomic E-state index is -4.42. The topological polar surface area (TPSA) is 73.9 Å². The first-order valence-electron chi connectivity index (χ1n) is 8.60. The number of urea groups is 1. The lowest BCUT2D eigenvalue weighted by Gasteiger charge is -2.35. The Morgan fingerprint density at radius 3 is 2.54 bits per heavy atom. The first-order valence-corrected chi connectivity index (χ1v) is 8.60. The molecular weight excluding hydrogens is 371 g/mol. The van der Waals surface area contributed by atoms with E-state index in [-0.39, 0.29) is 0 Å². The molecule has 9 heteroatoms. The van der Waals surface area contributed by atoms with Gasteiger partial charge in [0.25, 0.3) is 0 Å². The van der Waals surface area contributed by atoms with Crippen LogP contribution in [0.5, 0.6) is 0 Å². The van der Waals surface area contributed by atoms with Gasteiger partial charge in [-0.15, -0.1) is 0 Å². The van der Waals surface area contributed by atoms with Crippen LogP contribution in [0.15, 0.2) is 55.1 Å². The van der Waals surface area contributed by atoms with Crippen molar-refractivity contribution in [1.82, 2.24) is 19.9 Å². The summed E-state index contributed by atoms with van der Waals surface area (Å²) in [4.78, 5) is 26.0. The second kappa shape index (κ2) is 6.99.